The Kier molecular flexibility index (Phi) is 4.32. The second-order valence-electron chi connectivity index (χ2n) is 1.48. The molecule has 0 heterocycles. The molecule has 0 fully saturated rings. The van der Waals surface area contributed by atoms with Crippen LogP contribution in [-0.2, 0) is 9.53 Å². The third-order valence-corrected chi connectivity index (χ3v) is 0.827. The highest BCUT2D eigenvalue weighted by molar-refractivity contribution is 5.70. The first-order valence-electron chi connectivity index (χ1n) is 2.69. The van der Waals surface area contributed by atoms with Crippen molar-refractivity contribution in [2.24, 2.45) is 0 Å². The van der Waals surface area contributed by atoms with Gasteiger partial charge >= 0.3 is 5.97 Å². The fraction of sp³-hybridized carbons (Fsp3) is 0.667. The molecule has 0 aromatic rings. The lowest BCUT2D eigenvalue weighted by molar-refractivity contribution is -0.139. The molecular weight excluding hydrogens is 104 g/mol. The van der Waals surface area contributed by atoms with E-state index in [-0.39, 0.29) is 5.97 Å². The predicted octanol–water partition coefficient (Wildman–Crippen LogP) is 1.16. The molecule has 2 heteroatoms. The minimum absolute atomic E-state index is 0.160. The number of carbonyl (C=O) groups excluding carboxylic acids is 1. The number of unbranched alkanes of at least 4 members (excludes halogenated alkanes) is 1. The number of hydrogen-bond acceptors (Lipinski definition) is 2. The average Bonchev–Trinajstić information content (AvgIpc) is 1.83. The van der Waals surface area contributed by atoms with Gasteiger partial charge < -0.3 is 4.74 Å². The van der Waals surface area contributed by atoms with E-state index in [2.05, 4.69) is 4.74 Å². The summed E-state index contributed by atoms with van der Waals surface area (Å²) < 4.78 is 4.38. The minimum Gasteiger partial charge on any atom is -0.469 e. The van der Waals surface area contributed by atoms with E-state index in [1.807, 2.05) is 13.3 Å². The maximum atomic E-state index is 10.3. The number of esters is 1. The van der Waals surface area contributed by atoms with Crippen molar-refractivity contribution in [2.75, 3.05) is 7.11 Å². The standard InChI is InChI=1S/C6H11O2/c1-3-4-5-6(7)8-2/h4H,3,5H2,1-2H3. The summed E-state index contributed by atoms with van der Waals surface area (Å²) in [7, 11) is 1.39. The molecular formula is C6H11O2. The van der Waals surface area contributed by atoms with Crippen LogP contribution in [0.4, 0.5) is 0 Å². The van der Waals surface area contributed by atoms with Crippen molar-refractivity contribution in [3.05, 3.63) is 6.42 Å². The van der Waals surface area contributed by atoms with Gasteiger partial charge in [-0.25, -0.2) is 0 Å². The van der Waals surface area contributed by atoms with Gasteiger partial charge in [-0.15, -0.1) is 0 Å². The molecule has 0 saturated heterocycles. The Bertz CT molecular complexity index is 68.9. The van der Waals surface area contributed by atoms with Gasteiger partial charge in [0.25, 0.3) is 0 Å². The van der Waals surface area contributed by atoms with Gasteiger partial charge in [0, 0.05) is 6.42 Å². The largest absolute Gasteiger partial charge is 0.469 e. The van der Waals surface area contributed by atoms with Crippen LogP contribution >= 0.6 is 0 Å². The van der Waals surface area contributed by atoms with Crippen LogP contribution in [0.3, 0.4) is 0 Å². The second kappa shape index (κ2) is 4.62. The Morgan fingerprint density at radius 3 is 2.75 bits per heavy atom. The maximum Gasteiger partial charge on any atom is 0.305 e. The van der Waals surface area contributed by atoms with E-state index in [0.29, 0.717) is 6.42 Å². The summed E-state index contributed by atoms with van der Waals surface area (Å²) in [6, 6.07) is 0. The predicted molar refractivity (Wildman–Crippen MR) is 31.2 cm³/mol. The molecule has 0 saturated carbocycles. The van der Waals surface area contributed by atoms with E-state index in [9.17, 15) is 4.79 Å². The van der Waals surface area contributed by atoms with Crippen LogP contribution < -0.4 is 0 Å². The summed E-state index contributed by atoms with van der Waals surface area (Å²) >= 11 is 0. The van der Waals surface area contributed by atoms with Gasteiger partial charge in [-0.3, -0.25) is 4.79 Å². The van der Waals surface area contributed by atoms with Crippen LogP contribution in [0.15, 0.2) is 0 Å². The molecule has 0 spiro atoms. The molecule has 0 rings (SSSR count). The van der Waals surface area contributed by atoms with Crippen molar-refractivity contribution >= 4 is 5.97 Å². The van der Waals surface area contributed by atoms with Gasteiger partial charge in [0.05, 0.1) is 7.11 Å². The average molecular weight is 115 g/mol. The molecule has 0 amide bonds. The molecule has 0 aliphatic carbocycles. The van der Waals surface area contributed by atoms with Crippen LogP contribution in [0.1, 0.15) is 19.8 Å². The Hall–Kier alpha value is -0.530. The number of methoxy groups -OCH3 is 1. The third-order valence-electron chi connectivity index (χ3n) is 0.827. The van der Waals surface area contributed by atoms with Gasteiger partial charge in [-0.1, -0.05) is 13.3 Å². The zero-order valence-corrected chi connectivity index (χ0v) is 5.31. The monoisotopic (exact) mass is 115 g/mol. The van der Waals surface area contributed by atoms with Gasteiger partial charge in [-0.05, 0) is 6.42 Å². The Labute approximate surface area is 49.8 Å². The number of carbonyl (C=O) groups is 1. The summed E-state index contributed by atoms with van der Waals surface area (Å²) in [5.74, 6) is -0.160. The third kappa shape index (κ3) is 3.65. The van der Waals surface area contributed by atoms with Crippen molar-refractivity contribution < 1.29 is 9.53 Å². The molecule has 0 unspecified atom stereocenters. The first-order valence-corrected chi connectivity index (χ1v) is 2.69. The van der Waals surface area contributed by atoms with E-state index < -0.39 is 0 Å². The van der Waals surface area contributed by atoms with Crippen LogP contribution in [0.25, 0.3) is 0 Å². The van der Waals surface area contributed by atoms with Crippen LogP contribution in [0, 0.1) is 6.42 Å². The van der Waals surface area contributed by atoms with Crippen LogP contribution in [-0.4, -0.2) is 13.1 Å². The fourth-order valence-corrected chi connectivity index (χ4v) is 0.346. The Balaban J connectivity index is 2.99. The van der Waals surface area contributed by atoms with Crippen molar-refractivity contribution in [3.63, 3.8) is 0 Å². The summed E-state index contributed by atoms with van der Waals surface area (Å²) in [6.07, 6.45) is 3.24. The normalized spacial score (nSPS) is 8.75. The molecule has 2 nitrogen and oxygen atoms in total. The molecule has 0 aliphatic heterocycles. The number of rotatable bonds is 3. The van der Waals surface area contributed by atoms with Crippen molar-refractivity contribution in [1.29, 1.82) is 0 Å². The SMILES string of the molecule is CC[CH]CC(=O)OC. The lowest BCUT2D eigenvalue weighted by Gasteiger charge is -1.93. The fourth-order valence-electron chi connectivity index (χ4n) is 0.346. The Morgan fingerprint density at radius 1 is 1.75 bits per heavy atom. The highest BCUT2D eigenvalue weighted by atomic mass is 16.5. The summed E-state index contributed by atoms with van der Waals surface area (Å²) in [5, 5.41) is 0. The first kappa shape index (κ1) is 7.47. The van der Waals surface area contributed by atoms with Crippen molar-refractivity contribution in [3.8, 4) is 0 Å². The molecule has 1 radical (unpaired) electrons. The quantitative estimate of drug-likeness (QED) is 0.516. The first-order chi connectivity index (χ1) is 3.81. The topological polar surface area (TPSA) is 26.3 Å². The smallest absolute Gasteiger partial charge is 0.305 e. The van der Waals surface area contributed by atoms with E-state index in [0.717, 1.165) is 6.42 Å². The van der Waals surface area contributed by atoms with Crippen LogP contribution in [0.2, 0.25) is 0 Å². The van der Waals surface area contributed by atoms with Crippen molar-refractivity contribution in [2.45, 2.75) is 19.8 Å². The summed E-state index contributed by atoms with van der Waals surface area (Å²) in [6.45, 7) is 1.99. The minimum atomic E-state index is -0.160. The van der Waals surface area contributed by atoms with Gasteiger partial charge in [0.2, 0.25) is 0 Å². The molecule has 0 aliphatic rings. The highest BCUT2D eigenvalue weighted by Gasteiger charge is 1.95. The number of hydrogen-bond donors (Lipinski definition) is 0. The zero-order chi connectivity index (χ0) is 6.41. The summed E-state index contributed by atoms with van der Waals surface area (Å²) in [5.41, 5.74) is 0. The molecule has 47 valence electrons. The number of ether oxygens (including phenoxy) is 1. The van der Waals surface area contributed by atoms with Crippen LogP contribution in [0.5, 0.6) is 0 Å². The second-order valence-corrected chi connectivity index (χ2v) is 1.48. The van der Waals surface area contributed by atoms with E-state index >= 15 is 0 Å². The molecule has 0 aromatic heterocycles. The molecule has 0 atom stereocenters. The van der Waals surface area contributed by atoms with Gasteiger partial charge in [0.15, 0.2) is 0 Å². The van der Waals surface area contributed by atoms with E-state index in [4.69, 9.17) is 0 Å². The lowest BCUT2D eigenvalue weighted by Crippen LogP contribution is -1.98. The van der Waals surface area contributed by atoms with Gasteiger partial charge in [0.1, 0.15) is 0 Å². The highest BCUT2D eigenvalue weighted by Crippen LogP contribution is 1.92. The maximum absolute atomic E-state index is 10.3. The Morgan fingerprint density at radius 2 is 2.38 bits per heavy atom. The van der Waals surface area contributed by atoms with E-state index in [1.54, 1.807) is 0 Å². The lowest BCUT2D eigenvalue weighted by atomic mass is 10.3. The van der Waals surface area contributed by atoms with Gasteiger partial charge in [-0.2, -0.15) is 0 Å². The molecule has 0 bridgehead atoms. The zero-order valence-electron chi connectivity index (χ0n) is 5.31. The van der Waals surface area contributed by atoms with Crippen molar-refractivity contribution in [1.82, 2.24) is 0 Å². The molecule has 0 N–H and O–H groups in total. The molecule has 8 heavy (non-hydrogen) atoms. The summed E-state index contributed by atoms with van der Waals surface area (Å²) in [4.78, 5) is 10.3. The van der Waals surface area contributed by atoms with E-state index in [1.165, 1.54) is 7.11 Å². The molecule has 0 aromatic carbocycles.